The van der Waals surface area contributed by atoms with Crippen LogP contribution in [-0.2, 0) is 0 Å². The molecule has 2 aliphatic heterocycles. The van der Waals surface area contributed by atoms with E-state index in [-0.39, 0.29) is 6.61 Å². The second-order valence-corrected chi connectivity index (χ2v) is 6.22. The highest BCUT2D eigenvalue weighted by Crippen LogP contribution is 2.38. The fourth-order valence-corrected chi connectivity index (χ4v) is 3.99. The molecule has 0 aromatic heterocycles. The van der Waals surface area contributed by atoms with Gasteiger partial charge in [0.25, 0.3) is 0 Å². The first-order valence-corrected chi connectivity index (χ1v) is 7.91. The Hall–Kier alpha value is -1.64. The molecule has 2 heteroatoms. The second kappa shape index (κ2) is 5.28. The van der Waals surface area contributed by atoms with Crippen LogP contribution >= 0.6 is 0 Å². The Morgan fingerprint density at radius 3 is 2.71 bits per heavy atom. The smallest absolute Gasteiger partial charge is 0.0558 e. The van der Waals surface area contributed by atoms with E-state index in [4.69, 9.17) is 0 Å². The number of rotatable bonds is 3. The van der Waals surface area contributed by atoms with E-state index in [1.165, 1.54) is 34.8 Å². The number of nitrogens with zero attached hydrogens (tertiary/aromatic N) is 1. The molecule has 2 bridgehead atoms. The van der Waals surface area contributed by atoms with Gasteiger partial charge in [-0.3, -0.25) is 4.90 Å². The summed E-state index contributed by atoms with van der Waals surface area (Å²) in [5, 5.41) is 11.8. The number of hydrogen-bond acceptors (Lipinski definition) is 2. The van der Waals surface area contributed by atoms with E-state index >= 15 is 0 Å². The molecule has 2 aromatic carbocycles. The fraction of sp³-hybridized carbons (Fsp3) is 0.368. The number of aliphatic hydroxyl groups excluding tert-OH is 1. The third-order valence-electron chi connectivity index (χ3n) is 5.02. The molecule has 2 aromatic rings. The average molecular weight is 279 g/mol. The molecule has 2 heterocycles. The Morgan fingerprint density at radius 2 is 1.90 bits per heavy atom. The Balaban J connectivity index is 1.68. The van der Waals surface area contributed by atoms with E-state index in [1.54, 1.807) is 0 Å². The average Bonchev–Trinajstić information content (AvgIpc) is 2.76. The molecular weight excluding hydrogens is 258 g/mol. The largest absolute Gasteiger partial charge is 0.395 e. The van der Waals surface area contributed by atoms with Crippen LogP contribution in [-0.4, -0.2) is 35.2 Å². The summed E-state index contributed by atoms with van der Waals surface area (Å²) in [6.07, 6.45) is 6.05. The summed E-state index contributed by atoms with van der Waals surface area (Å²) in [4.78, 5) is 2.48. The summed E-state index contributed by atoms with van der Waals surface area (Å²) >= 11 is 0. The topological polar surface area (TPSA) is 23.5 Å². The van der Waals surface area contributed by atoms with Crippen molar-refractivity contribution in [2.24, 2.45) is 0 Å². The SMILES string of the molecule is OCCN1C2C=C(c3ccc4ccccc4c3)CC1CC2. The maximum atomic E-state index is 9.22. The highest BCUT2D eigenvalue weighted by molar-refractivity contribution is 5.86. The number of aliphatic hydroxyl groups is 1. The zero-order valence-electron chi connectivity index (χ0n) is 12.2. The third-order valence-corrected chi connectivity index (χ3v) is 5.02. The first kappa shape index (κ1) is 13.1. The van der Waals surface area contributed by atoms with Crippen molar-refractivity contribution in [1.82, 2.24) is 4.90 Å². The summed E-state index contributed by atoms with van der Waals surface area (Å²) in [5.41, 5.74) is 2.86. The van der Waals surface area contributed by atoms with Crippen molar-refractivity contribution in [3.8, 4) is 0 Å². The minimum atomic E-state index is 0.270. The van der Waals surface area contributed by atoms with Gasteiger partial charge in [-0.2, -0.15) is 0 Å². The van der Waals surface area contributed by atoms with Gasteiger partial charge < -0.3 is 5.11 Å². The van der Waals surface area contributed by atoms with E-state index in [2.05, 4.69) is 53.4 Å². The zero-order chi connectivity index (χ0) is 14.2. The molecule has 2 atom stereocenters. The molecule has 2 unspecified atom stereocenters. The molecule has 4 rings (SSSR count). The molecular formula is C19H21NO. The number of hydrogen-bond donors (Lipinski definition) is 1. The summed E-state index contributed by atoms with van der Waals surface area (Å²) in [6, 6.07) is 16.5. The van der Waals surface area contributed by atoms with Crippen molar-refractivity contribution in [3.05, 3.63) is 54.1 Å². The lowest BCUT2D eigenvalue weighted by Gasteiger charge is -2.33. The van der Waals surface area contributed by atoms with Crippen LogP contribution in [0.15, 0.2) is 48.5 Å². The van der Waals surface area contributed by atoms with Gasteiger partial charge in [-0.15, -0.1) is 0 Å². The zero-order valence-corrected chi connectivity index (χ0v) is 12.2. The van der Waals surface area contributed by atoms with Gasteiger partial charge in [-0.05, 0) is 47.2 Å². The summed E-state index contributed by atoms with van der Waals surface area (Å²) in [7, 11) is 0. The van der Waals surface area contributed by atoms with Gasteiger partial charge in [0, 0.05) is 18.6 Å². The molecule has 1 fully saturated rings. The van der Waals surface area contributed by atoms with Crippen molar-refractivity contribution >= 4 is 16.3 Å². The summed E-state index contributed by atoms with van der Waals surface area (Å²) in [5.74, 6) is 0. The second-order valence-electron chi connectivity index (χ2n) is 6.22. The van der Waals surface area contributed by atoms with Gasteiger partial charge in [-0.25, -0.2) is 0 Å². The summed E-state index contributed by atoms with van der Waals surface area (Å²) in [6.45, 7) is 1.09. The molecule has 1 saturated heterocycles. The van der Waals surface area contributed by atoms with E-state index < -0.39 is 0 Å². The first-order chi connectivity index (χ1) is 10.3. The van der Waals surface area contributed by atoms with E-state index in [9.17, 15) is 5.11 Å². The van der Waals surface area contributed by atoms with Crippen LogP contribution in [0, 0.1) is 0 Å². The summed E-state index contributed by atoms with van der Waals surface area (Å²) < 4.78 is 0. The highest BCUT2D eigenvalue weighted by atomic mass is 16.3. The fourth-order valence-electron chi connectivity index (χ4n) is 3.99. The minimum absolute atomic E-state index is 0.270. The molecule has 1 N–H and O–H groups in total. The molecule has 2 nitrogen and oxygen atoms in total. The van der Waals surface area contributed by atoms with Crippen LogP contribution in [0.1, 0.15) is 24.8 Å². The normalized spacial score (nSPS) is 25.3. The van der Waals surface area contributed by atoms with Crippen LogP contribution in [0.4, 0.5) is 0 Å². The van der Waals surface area contributed by atoms with Crippen molar-refractivity contribution < 1.29 is 5.11 Å². The Labute approximate surface area is 125 Å². The van der Waals surface area contributed by atoms with Gasteiger partial charge in [-0.1, -0.05) is 42.5 Å². The van der Waals surface area contributed by atoms with Crippen LogP contribution < -0.4 is 0 Å². The van der Waals surface area contributed by atoms with Gasteiger partial charge in [0.1, 0.15) is 0 Å². The number of fused-ring (bicyclic) bond motifs is 3. The van der Waals surface area contributed by atoms with Crippen molar-refractivity contribution in [3.63, 3.8) is 0 Å². The molecule has 0 amide bonds. The molecule has 0 aliphatic carbocycles. The predicted molar refractivity (Wildman–Crippen MR) is 87.1 cm³/mol. The highest BCUT2D eigenvalue weighted by Gasteiger charge is 2.36. The van der Waals surface area contributed by atoms with E-state index in [0.717, 1.165) is 13.0 Å². The molecule has 2 aliphatic rings. The Morgan fingerprint density at radius 1 is 1.05 bits per heavy atom. The monoisotopic (exact) mass is 279 g/mol. The van der Waals surface area contributed by atoms with Crippen LogP contribution in [0.5, 0.6) is 0 Å². The van der Waals surface area contributed by atoms with Gasteiger partial charge >= 0.3 is 0 Å². The van der Waals surface area contributed by atoms with Gasteiger partial charge in [0.05, 0.1) is 6.61 Å². The quantitative estimate of drug-likeness (QED) is 0.930. The van der Waals surface area contributed by atoms with Gasteiger partial charge in [0.2, 0.25) is 0 Å². The standard InChI is InChI=1S/C19H21NO/c21-10-9-20-18-7-8-19(20)13-17(12-18)16-6-5-14-3-1-2-4-15(14)11-16/h1-6,11-12,18-19,21H,7-10,13H2. The molecule has 0 radical (unpaired) electrons. The van der Waals surface area contributed by atoms with Crippen molar-refractivity contribution in [2.45, 2.75) is 31.3 Å². The van der Waals surface area contributed by atoms with Crippen molar-refractivity contribution in [2.75, 3.05) is 13.2 Å². The predicted octanol–water partition coefficient (Wildman–Crippen LogP) is 3.45. The van der Waals surface area contributed by atoms with Gasteiger partial charge in [0.15, 0.2) is 0 Å². The van der Waals surface area contributed by atoms with Crippen molar-refractivity contribution in [1.29, 1.82) is 0 Å². The van der Waals surface area contributed by atoms with Crippen LogP contribution in [0.3, 0.4) is 0 Å². The van der Waals surface area contributed by atoms with E-state index in [1.807, 2.05) is 0 Å². The molecule has 0 spiro atoms. The maximum Gasteiger partial charge on any atom is 0.0558 e. The minimum Gasteiger partial charge on any atom is -0.395 e. The lowest BCUT2D eigenvalue weighted by Crippen LogP contribution is -2.40. The first-order valence-electron chi connectivity index (χ1n) is 7.91. The van der Waals surface area contributed by atoms with Crippen LogP contribution in [0.25, 0.3) is 16.3 Å². The molecule has 0 saturated carbocycles. The Kier molecular flexibility index (Phi) is 3.28. The third kappa shape index (κ3) is 2.29. The lowest BCUT2D eigenvalue weighted by atomic mass is 9.93. The lowest BCUT2D eigenvalue weighted by molar-refractivity contribution is 0.159. The Bertz CT molecular complexity index is 691. The van der Waals surface area contributed by atoms with E-state index in [0.29, 0.717) is 12.1 Å². The number of benzene rings is 2. The van der Waals surface area contributed by atoms with Crippen LogP contribution in [0.2, 0.25) is 0 Å². The molecule has 108 valence electrons. The maximum absolute atomic E-state index is 9.22. The molecule has 21 heavy (non-hydrogen) atoms.